The van der Waals surface area contributed by atoms with Crippen LogP contribution in [0.1, 0.15) is 100 Å². The van der Waals surface area contributed by atoms with Crippen LogP contribution in [0.4, 0.5) is 0 Å². The van der Waals surface area contributed by atoms with Crippen LogP contribution in [0, 0.1) is 0 Å². The second-order valence-corrected chi connectivity index (χ2v) is 7.24. The highest BCUT2D eigenvalue weighted by molar-refractivity contribution is 6.08. The smallest absolute Gasteiger partial charge is 0.193 e. The molecule has 0 saturated heterocycles. The third-order valence-corrected chi connectivity index (χ3v) is 4.78. The summed E-state index contributed by atoms with van der Waals surface area (Å²) in [4.78, 5) is 11.8. The van der Waals surface area contributed by atoms with Crippen molar-refractivity contribution in [3.63, 3.8) is 0 Å². The average molecular weight is 367 g/mol. The van der Waals surface area contributed by atoms with Crippen molar-refractivity contribution < 1.29 is 4.79 Å². The number of hydrogen-bond donors (Lipinski definition) is 0. The number of benzene rings is 2. The Morgan fingerprint density at radius 1 is 0.519 bits per heavy atom. The molecule has 0 aromatic heterocycles. The molecule has 2 aromatic carbocycles. The van der Waals surface area contributed by atoms with Crippen molar-refractivity contribution >= 4 is 5.78 Å². The van der Waals surface area contributed by atoms with Crippen molar-refractivity contribution in [2.45, 2.75) is 84.5 Å². The zero-order valence-corrected chi connectivity index (χ0v) is 17.5. The number of carbonyl (C=O) groups excluding carboxylic acids is 1. The molecular weight excluding hydrogens is 328 g/mol. The summed E-state index contributed by atoms with van der Waals surface area (Å²) >= 11 is 0. The van der Waals surface area contributed by atoms with E-state index in [0.717, 1.165) is 11.1 Å². The molecule has 1 heteroatoms. The highest BCUT2D eigenvalue weighted by Crippen LogP contribution is 2.11. The van der Waals surface area contributed by atoms with E-state index < -0.39 is 0 Å². The quantitative estimate of drug-likeness (QED) is 0.273. The first-order valence-corrected chi connectivity index (χ1v) is 10.9. The second-order valence-electron chi connectivity index (χ2n) is 7.24. The number of carbonyl (C=O) groups is 1. The van der Waals surface area contributed by atoms with Gasteiger partial charge in [0.25, 0.3) is 0 Å². The minimum atomic E-state index is 0.0752. The van der Waals surface area contributed by atoms with Crippen LogP contribution in [0.15, 0.2) is 60.7 Å². The lowest BCUT2D eigenvalue weighted by Gasteiger charge is -2.00. The maximum Gasteiger partial charge on any atom is 0.193 e. The fourth-order valence-electron chi connectivity index (χ4n) is 3.08. The lowest BCUT2D eigenvalue weighted by atomic mass is 10.0. The van der Waals surface area contributed by atoms with Crippen molar-refractivity contribution in [2.75, 3.05) is 0 Å². The molecule has 0 aliphatic carbocycles. The minimum Gasteiger partial charge on any atom is -0.289 e. The molecule has 148 valence electrons. The standard InChI is InChI=1S/C13H10O.C13H28/c14-13(11-7-3-1-4-8-11)12-9-5-2-6-10-12;1-3-5-7-9-11-13-12-10-8-6-4-2/h1-10H;3-13H2,1-2H3. The Balaban J connectivity index is 0.000000271. The van der Waals surface area contributed by atoms with Crippen molar-refractivity contribution in [3.8, 4) is 0 Å². The lowest BCUT2D eigenvalue weighted by Crippen LogP contribution is -1.99. The highest BCUT2D eigenvalue weighted by atomic mass is 16.1. The summed E-state index contributed by atoms with van der Waals surface area (Å²) in [5.74, 6) is 0.0752. The van der Waals surface area contributed by atoms with Gasteiger partial charge in [0.2, 0.25) is 0 Å². The van der Waals surface area contributed by atoms with E-state index in [4.69, 9.17) is 0 Å². The Bertz CT molecular complexity index is 522. The molecule has 0 saturated carbocycles. The summed E-state index contributed by atoms with van der Waals surface area (Å²) in [7, 11) is 0. The van der Waals surface area contributed by atoms with Crippen molar-refractivity contribution in [2.24, 2.45) is 0 Å². The first-order chi connectivity index (χ1) is 13.3. The molecule has 1 nitrogen and oxygen atoms in total. The number of unbranched alkanes of at least 4 members (excludes halogenated alkanes) is 10. The van der Waals surface area contributed by atoms with Gasteiger partial charge in [-0.25, -0.2) is 0 Å². The number of ketones is 1. The molecule has 0 N–H and O–H groups in total. The minimum absolute atomic E-state index is 0.0752. The van der Waals surface area contributed by atoms with E-state index in [1.165, 1.54) is 70.6 Å². The van der Waals surface area contributed by atoms with Gasteiger partial charge < -0.3 is 0 Å². The van der Waals surface area contributed by atoms with E-state index in [1.807, 2.05) is 60.7 Å². The van der Waals surface area contributed by atoms with Crippen LogP contribution >= 0.6 is 0 Å². The van der Waals surface area contributed by atoms with Gasteiger partial charge in [0.15, 0.2) is 5.78 Å². The molecule has 0 spiro atoms. The largest absolute Gasteiger partial charge is 0.289 e. The van der Waals surface area contributed by atoms with Crippen LogP contribution < -0.4 is 0 Å². The first-order valence-electron chi connectivity index (χ1n) is 10.9. The molecule has 0 aliphatic heterocycles. The van der Waals surface area contributed by atoms with E-state index in [9.17, 15) is 4.79 Å². The fourth-order valence-corrected chi connectivity index (χ4v) is 3.08. The predicted molar refractivity (Wildman–Crippen MR) is 118 cm³/mol. The molecular formula is C26H38O. The van der Waals surface area contributed by atoms with Gasteiger partial charge in [-0.1, -0.05) is 145 Å². The summed E-state index contributed by atoms with van der Waals surface area (Å²) in [6, 6.07) is 18.6. The maximum atomic E-state index is 11.8. The van der Waals surface area contributed by atoms with Gasteiger partial charge in [-0.2, -0.15) is 0 Å². The Kier molecular flexibility index (Phi) is 14.0. The molecule has 0 amide bonds. The lowest BCUT2D eigenvalue weighted by molar-refractivity contribution is 0.103. The Morgan fingerprint density at radius 3 is 1.11 bits per heavy atom. The number of hydrogen-bond acceptors (Lipinski definition) is 1. The molecule has 0 fully saturated rings. The summed E-state index contributed by atoms with van der Waals surface area (Å²) in [6.07, 6.45) is 15.9. The molecule has 2 aromatic rings. The third-order valence-electron chi connectivity index (χ3n) is 4.78. The van der Waals surface area contributed by atoms with E-state index in [1.54, 1.807) is 0 Å². The van der Waals surface area contributed by atoms with Crippen molar-refractivity contribution in [1.82, 2.24) is 0 Å². The molecule has 0 aliphatic rings. The topological polar surface area (TPSA) is 17.1 Å². The normalized spacial score (nSPS) is 10.1. The predicted octanol–water partition coefficient (Wildman–Crippen LogP) is 8.23. The Hall–Kier alpha value is -1.89. The summed E-state index contributed by atoms with van der Waals surface area (Å²) in [5, 5.41) is 0. The van der Waals surface area contributed by atoms with Crippen molar-refractivity contribution in [1.29, 1.82) is 0 Å². The molecule has 0 unspecified atom stereocenters. The van der Waals surface area contributed by atoms with Gasteiger partial charge in [-0.3, -0.25) is 4.79 Å². The average Bonchev–Trinajstić information content (AvgIpc) is 2.74. The van der Waals surface area contributed by atoms with Crippen LogP contribution in [-0.4, -0.2) is 5.78 Å². The summed E-state index contributed by atoms with van der Waals surface area (Å²) < 4.78 is 0. The SMILES string of the molecule is CCCCCCCCCCCCC.O=C(c1ccccc1)c1ccccc1. The summed E-state index contributed by atoms with van der Waals surface area (Å²) in [6.45, 7) is 4.56. The number of rotatable bonds is 12. The molecule has 0 radical (unpaired) electrons. The van der Waals surface area contributed by atoms with Gasteiger partial charge >= 0.3 is 0 Å². The van der Waals surface area contributed by atoms with Gasteiger partial charge in [0, 0.05) is 11.1 Å². The Labute approximate surface area is 167 Å². The van der Waals surface area contributed by atoms with Gasteiger partial charge in [-0.05, 0) is 0 Å². The molecule has 0 atom stereocenters. The van der Waals surface area contributed by atoms with E-state index in [0.29, 0.717) is 0 Å². The molecule has 0 bridgehead atoms. The van der Waals surface area contributed by atoms with Gasteiger partial charge in [-0.15, -0.1) is 0 Å². The fraction of sp³-hybridized carbons (Fsp3) is 0.500. The van der Waals surface area contributed by atoms with Crippen LogP contribution in [-0.2, 0) is 0 Å². The van der Waals surface area contributed by atoms with Crippen LogP contribution in [0.25, 0.3) is 0 Å². The highest BCUT2D eigenvalue weighted by Gasteiger charge is 2.06. The molecule has 0 heterocycles. The monoisotopic (exact) mass is 366 g/mol. The van der Waals surface area contributed by atoms with E-state index in [-0.39, 0.29) is 5.78 Å². The van der Waals surface area contributed by atoms with E-state index in [2.05, 4.69) is 13.8 Å². The molecule has 2 rings (SSSR count). The van der Waals surface area contributed by atoms with E-state index >= 15 is 0 Å². The zero-order chi connectivity index (χ0) is 19.6. The third kappa shape index (κ3) is 11.4. The zero-order valence-electron chi connectivity index (χ0n) is 17.5. The second kappa shape index (κ2) is 16.3. The summed E-state index contributed by atoms with van der Waals surface area (Å²) in [5.41, 5.74) is 1.47. The maximum absolute atomic E-state index is 11.8. The first kappa shape index (κ1) is 23.1. The Morgan fingerprint density at radius 2 is 0.815 bits per heavy atom. The van der Waals surface area contributed by atoms with Crippen LogP contribution in [0.2, 0.25) is 0 Å². The van der Waals surface area contributed by atoms with Gasteiger partial charge in [0.1, 0.15) is 0 Å². The molecule has 27 heavy (non-hydrogen) atoms. The van der Waals surface area contributed by atoms with Crippen molar-refractivity contribution in [3.05, 3.63) is 71.8 Å². The van der Waals surface area contributed by atoms with Gasteiger partial charge in [0.05, 0.1) is 0 Å². The van der Waals surface area contributed by atoms with Crippen LogP contribution in [0.5, 0.6) is 0 Å². The van der Waals surface area contributed by atoms with Crippen LogP contribution in [0.3, 0.4) is 0 Å².